The maximum Gasteiger partial charge on any atom is 0.331 e. The van der Waals surface area contributed by atoms with E-state index in [1.54, 1.807) is 20.8 Å². The molecule has 1 fully saturated rings. The van der Waals surface area contributed by atoms with Crippen LogP contribution in [-0.4, -0.2) is 49.4 Å². The van der Waals surface area contributed by atoms with Crippen LogP contribution in [0.5, 0.6) is 0 Å². The molecule has 2 atom stereocenters. The summed E-state index contributed by atoms with van der Waals surface area (Å²) in [6.07, 6.45) is 6.68. The summed E-state index contributed by atoms with van der Waals surface area (Å²) < 4.78 is 42.5. The Morgan fingerprint density at radius 1 is 1.21 bits per heavy atom. The molecule has 2 aromatic carbocycles. The van der Waals surface area contributed by atoms with Gasteiger partial charge in [0.2, 0.25) is 0 Å². The molecule has 0 N–H and O–H groups in total. The van der Waals surface area contributed by atoms with E-state index in [0.717, 1.165) is 54.7 Å². The molecule has 0 bridgehead atoms. The number of fused-ring (bicyclic) bond motifs is 1. The molecule has 2 aliphatic heterocycles. The second-order valence-corrected chi connectivity index (χ2v) is 11.3. The van der Waals surface area contributed by atoms with Crippen molar-refractivity contribution in [3.05, 3.63) is 69.8 Å². The quantitative estimate of drug-likeness (QED) is 0.315. The van der Waals surface area contributed by atoms with Crippen LogP contribution in [0.3, 0.4) is 0 Å². The number of anilines is 1. The Hall–Kier alpha value is -2.77. The molecule has 0 aromatic heterocycles. The molecule has 0 aliphatic carbocycles. The first-order chi connectivity index (χ1) is 18.0. The van der Waals surface area contributed by atoms with E-state index in [1.165, 1.54) is 24.3 Å². The molecule has 38 heavy (non-hydrogen) atoms. The predicted octanol–water partition coefficient (Wildman–Crippen LogP) is 6.56. The summed E-state index contributed by atoms with van der Waals surface area (Å²) >= 11 is 0. The Labute approximate surface area is 225 Å². The van der Waals surface area contributed by atoms with E-state index in [-0.39, 0.29) is 17.4 Å². The van der Waals surface area contributed by atoms with E-state index in [2.05, 4.69) is 29.8 Å². The highest BCUT2D eigenvalue weighted by Gasteiger charge is 2.34. The minimum absolute atomic E-state index is 0.0401. The fourth-order valence-electron chi connectivity index (χ4n) is 5.64. The van der Waals surface area contributed by atoms with Crippen LogP contribution in [0.1, 0.15) is 80.8 Å². The summed E-state index contributed by atoms with van der Waals surface area (Å²) in [5, 5.41) is 0. The summed E-state index contributed by atoms with van der Waals surface area (Å²) in [5.41, 5.74) is 3.99. The lowest BCUT2D eigenvalue weighted by Crippen LogP contribution is -2.39. The van der Waals surface area contributed by atoms with Crippen LogP contribution < -0.4 is 4.90 Å². The zero-order chi connectivity index (χ0) is 27.6. The highest BCUT2D eigenvalue weighted by atomic mass is 19.1. The number of benzene rings is 2. The lowest BCUT2D eigenvalue weighted by Gasteiger charge is -2.40. The first-order valence-corrected chi connectivity index (χ1v) is 13.6. The van der Waals surface area contributed by atoms with E-state index in [9.17, 15) is 4.79 Å². The van der Waals surface area contributed by atoms with E-state index >= 15 is 8.78 Å². The van der Waals surface area contributed by atoms with Crippen molar-refractivity contribution < 1.29 is 23.0 Å². The van der Waals surface area contributed by atoms with Gasteiger partial charge in [-0.1, -0.05) is 13.0 Å². The van der Waals surface area contributed by atoms with Gasteiger partial charge in [0.05, 0.1) is 6.04 Å². The summed E-state index contributed by atoms with van der Waals surface area (Å²) in [5.74, 6) is -1.81. The van der Waals surface area contributed by atoms with Crippen LogP contribution in [0.2, 0.25) is 0 Å². The van der Waals surface area contributed by atoms with Gasteiger partial charge in [-0.25, -0.2) is 13.6 Å². The van der Waals surface area contributed by atoms with Crippen molar-refractivity contribution in [1.29, 1.82) is 0 Å². The number of carbonyl (C=O) groups excluding carboxylic acids is 1. The van der Waals surface area contributed by atoms with Crippen molar-refractivity contribution >= 4 is 17.7 Å². The van der Waals surface area contributed by atoms with Crippen molar-refractivity contribution in [2.75, 3.05) is 31.6 Å². The zero-order valence-corrected chi connectivity index (χ0v) is 23.4. The van der Waals surface area contributed by atoms with Crippen molar-refractivity contribution in [3.8, 4) is 0 Å². The minimum atomic E-state index is -0.643. The lowest BCUT2D eigenvalue weighted by molar-refractivity contribution is -0.148. The van der Waals surface area contributed by atoms with Crippen LogP contribution in [-0.2, 0) is 20.7 Å². The van der Waals surface area contributed by atoms with Gasteiger partial charge in [0.15, 0.2) is 0 Å². The Morgan fingerprint density at radius 2 is 1.92 bits per heavy atom. The zero-order valence-electron chi connectivity index (χ0n) is 23.4. The predicted molar refractivity (Wildman–Crippen MR) is 147 cm³/mol. The van der Waals surface area contributed by atoms with Gasteiger partial charge >= 0.3 is 5.97 Å². The number of hydrogen-bond acceptors (Lipinski definition) is 5. The Bertz CT molecular complexity index is 1180. The third kappa shape index (κ3) is 6.10. The summed E-state index contributed by atoms with van der Waals surface area (Å²) in [6, 6.07) is 6.13. The molecular weight excluding hydrogens is 486 g/mol. The second-order valence-electron chi connectivity index (χ2n) is 11.3. The molecule has 206 valence electrons. The first kappa shape index (κ1) is 28.2. The first-order valence-electron chi connectivity index (χ1n) is 13.6. The molecule has 5 nitrogen and oxygen atoms in total. The van der Waals surface area contributed by atoms with E-state index in [1.807, 2.05) is 13.0 Å². The number of carbonyl (C=O) groups is 1. The van der Waals surface area contributed by atoms with Gasteiger partial charge < -0.3 is 14.4 Å². The van der Waals surface area contributed by atoms with Crippen LogP contribution >= 0.6 is 0 Å². The molecule has 0 saturated carbocycles. The maximum absolute atomic E-state index is 15.6. The molecule has 4 rings (SSSR count). The fourth-order valence-corrected chi connectivity index (χ4v) is 5.64. The third-order valence-electron chi connectivity index (χ3n) is 7.48. The second kappa shape index (κ2) is 11.5. The van der Waals surface area contributed by atoms with Gasteiger partial charge in [-0.3, -0.25) is 4.90 Å². The van der Waals surface area contributed by atoms with Crippen LogP contribution in [0.4, 0.5) is 14.5 Å². The third-order valence-corrected chi connectivity index (χ3v) is 7.48. The van der Waals surface area contributed by atoms with Crippen molar-refractivity contribution in [2.45, 2.75) is 78.2 Å². The van der Waals surface area contributed by atoms with Gasteiger partial charge in [-0.2, -0.15) is 0 Å². The van der Waals surface area contributed by atoms with Crippen LogP contribution in [0.15, 0.2) is 30.3 Å². The summed E-state index contributed by atoms with van der Waals surface area (Å²) in [4.78, 5) is 16.3. The highest BCUT2D eigenvalue weighted by Crippen LogP contribution is 2.41. The molecule has 0 spiro atoms. The molecule has 2 aliphatic rings. The monoisotopic (exact) mass is 526 g/mol. The highest BCUT2D eigenvalue weighted by molar-refractivity contribution is 5.87. The van der Waals surface area contributed by atoms with Gasteiger partial charge in [-0.15, -0.1) is 0 Å². The molecule has 2 aromatic rings. The fraction of sp³-hybridized carbons (Fsp3) is 0.516. The standard InChI is InChI=1S/C31H40F2N2O3/c1-7-35-16-15-22-20(2)26(34(6)27-10-8-9-17-37-27)13-12-23(22)30(35)29-24(32)18-21(19-25(29)33)11-14-28(36)38-31(3,4)5/h11-14,18-19,27,30H,7-10,15-17H2,1-6H3/b14-11+. The average Bonchev–Trinajstić information content (AvgIpc) is 2.86. The number of rotatable bonds is 6. The Balaban J connectivity index is 1.68. The topological polar surface area (TPSA) is 42.0 Å². The smallest absolute Gasteiger partial charge is 0.331 e. The Kier molecular flexibility index (Phi) is 8.58. The molecule has 2 unspecified atom stereocenters. The van der Waals surface area contributed by atoms with E-state index in [0.29, 0.717) is 13.1 Å². The van der Waals surface area contributed by atoms with Crippen molar-refractivity contribution in [3.63, 3.8) is 0 Å². The number of halogens is 2. The van der Waals surface area contributed by atoms with Crippen molar-refractivity contribution in [1.82, 2.24) is 4.90 Å². The van der Waals surface area contributed by atoms with Crippen LogP contribution in [0.25, 0.3) is 6.08 Å². The van der Waals surface area contributed by atoms with Crippen molar-refractivity contribution in [2.24, 2.45) is 0 Å². The van der Waals surface area contributed by atoms with Gasteiger partial charge in [0.25, 0.3) is 0 Å². The molecule has 7 heteroatoms. The minimum Gasteiger partial charge on any atom is -0.457 e. The molecule has 2 heterocycles. The summed E-state index contributed by atoms with van der Waals surface area (Å²) in [7, 11) is 2.06. The maximum atomic E-state index is 15.6. The molecule has 0 radical (unpaired) electrons. The number of hydrogen-bond donors (Lipinski definition) is 0. The molecule has 1 saturated heterocycles. The normalized spacial score (nSPS) is 20.4. The van der Waals surface area contributed by atoms with Crippen LogP contribution in [0, 0.1) is 18.6 Å². The number of esters is 1. The number of likely N-dealkylation sites (N-methyl/N-ethyl adjacent to an activating group) is 1. The molecular formula is C31H40F2N2O3. The van der Waals surface area contributed by atoms with Gasteiger partial charge in [0, 0.05) is 37.5 Å². The average molecular weight is 527 g/mol. The lowest BCUT2D eigenvalue weighted by atomic mass is 9.84. The number of ether oxygens (including phenoxy) is 2. The largest absolute Gasteiger partial charge is 0.457 e. The molecule has 0 amide bonds. The van der Waals surface area contributed by atoms with Gasteiger partial charge in [0.1, 0.15) is 23.5 Å². The SMILES string of the molecule is CCN1CCc2c(ccc(N(C)C3CCCCO3)c2C)C1c1c(F)cc(/C=C/C(=O)OC(C)(C)C)cc1F. The van der Waals surface area contributed by atoms with E-state index in [4.69, 9.17) is 9.47 Å². The summed E-state index contributed by atoms with van der Waals surface area (Å²) in [6.45, 7) is 11.6. The van der Waals surface area contributed by atoms with Gasteiger partial charge in [-0.05, 0) is 106 Å². The number of nitrogens with zero attached hydrogens (tertiary/aromatic N) is 2. The Morgan fingerprint density at radius 3 is 2.53 bits per heavy atom. The van der Waals surface area contributed by atoms with E-state index < -0.39 is 29.2 Å².